The number of benzene rings is 4. The van der Waals surface area contributed by atoms with Gasteiger partial charge in [-0.05, 0) is 59.1 Å². The van der Waals surface area contributed by atoms with Crippen LogP contribution in [0.15, 0.2) is 84.9 Å². The summed E-state index contributed by atoms with van der Waals surface area (Å²) in [6.07, 6.45) is 3.69. The van der Waals surface area contributed by atoms with E-state index in [1.165, 1.54) is 27.8 Å². The fourth-order valence-electron chi connectivity index (χ4n) is 5.23. The van der Waals surface area contributed by atoms with Crippen molar-refractivity contribution in [2.75, 3.05) is 0 Å². The molecule has 0 bridgehead atoms. The van der Waals surface area contributed by atoms with Gasteiger partial charge < -0.3 is 0 Å². The molecule has 0 saturated heterocycles. The van der Waals surface area contributed by atoms with Gasteiger partial charge in [-0.3, -0.25) is 9.59 Å². The summed E-state index contributed by atoms with van der Waals surface area (Å²) in [4.78, 5) is 26.4. The Balaban J connectivity index is 1.36. The molecule has 0 unspecified atom stereocenters. The summed E-state index contributed by atoms with van der Waals surface area (Å²) in [5, 5.41) is 0. The predicted octanol–water partition coefficient (Wildman–Crippen LogP) is 5.74. The Kier molecular flexibility index (Phi) is 4.39. The van der Waals surface area contributed by atoms with Crippen molar-refractivity contribution in [1.82, 2.24) is 0 Å². The number of rotatable bonds is 2. The second-order valence-electron chi connectivity index (χ2n) is 8.77. The molecule has 2 nitrogen and oxygen atoms in total. The molecule has 2 aliphatic rings. The Hall–Kier alpha value is -3.78. The zero-order chi connectivity index (χ0) is 21.7. The number of ketones is 2. The highest BCUT2D eigenvalue weighted by Crippen LogP contribution is 2.31. The van der Waals surface area contributed by atoms with E-state index in [1.807, 2.05) is 24.3 Å². The Labute approximate surface area is 187 Å². The van der Waals surface area contributed by atoms with Crippen molar-refractivity contribution in [2.45, 2.75) is 25.7 Å². The van der Waals surface area contributed by atoms with E-state index < -0.39 is 0 Å². The first-order valence-electron chi connectivity index (χ1n) is 11.2. The maximum Gasteiger partial charge on any atom is 0.194 e. The van der Waals surface area contributed by atoms with Crippen LogP contribution in [0.4, 0.5) is 0 Å². The maximum absolute atomic E-state index is 13.3. The molecule has 0 amide bonds. The van der Waals surface area contributed by atoms with E-state index in [0.717, 1.165) is 24.8 Å². The molecule has 0 saturated carbocycles. The lowest BCUT2D eigenvalue weighted by atomic mass is 9.80. The van der Waals surface area contributed by atoms with Gasteiger partial charge in [0.05, 0.1) is 0 Å². The first-order chi connectivity index (χ1) is 15.7. The molecule has 0 radical (unpaired) electrons. The fourth-order valence-corrected chi connectivity index (χ4v) is 5.23. The Morgan fingerprint density at radius 3 is 2.06 bits per heavy atom. The first kappa shape index (κ1) is 18.9. The van der Waals surface area contributed by atoms with Crippen molar-refractivity contribution in [2.24, 2.45) is 0 Å². The van der Waals surface area contributed by atoms with E-state index in [-0.39, 0.29) is 11.6 Å². The smallest absolute Gasteiger partial charge is 0.194 e. The summed E-state index contributed by atoms with van der Waals surface area (Å²) in [5.74, 6) is -0.104. The van der Waals surface area contributed by atoms with Crippen molar-refractivity contribution < 1.29 is 9.59 Å². The molecule has 0 aliphatic heterocycles. The van der Waals surface area contributed by atoms with Crippen LogP contribution in [0.5, 0.6) is 0 Å². The van der Waals surface area contributed by atoms with E-state index in [1.54, 1.807) is 18.2 Å². The monoisotopic (exact) mass is 414 g/mol. The standard InChI is InChI=1S/C30H22O2/c31-29-25-9-3-4-10-26(25)30(32)28-24(8-5-11-27(28)29)17-19-12-13-23-18-21-7-2-1-6-20(21)14-15-22(23)16-19/h1-13,16H,14-15,17-18H2. The second-order valence-corrected chi connectivity index (χ2v) is 8.77. The number of aryl methyl sites for hydroxylation is 2. The summed E-state index contributed by atoms with van der Waals surface area (Å²) in [6.45, 7) is 0. The van der Waals surface area contributed by atoms with Crippen LogP contribution in [-0.4, -0.2) is 11.6 Å². The van der Waals surface area contributed by atoms with Crippen LogP contribution in [0, 0.1) is 0 Å². The molecule has 0 fully saturated rings. The van der Waals surface area contributed by atoms with Gasteiger partial charge >= 0.3 is 0 Å². The zero-order valence-corrected chi connectivity index (χ0v) is 17.7. The van der Waals surface area contributed by atoms with Gasteiger partial charge in [0.25, 0.3) is 0 Å². The Morgan fingerprint density at radius 1 is 0.562 bits per heavy atom. The summed E-state index contributed by atoms with van der Waals surface area (Å²) in [7, 11) is 0. The molecule has 154 valence electrons. The molecule has 4 aromatic rings. The number of hydrogen-bond acceptors (Lipinski definition) is 2. The van der Waals surface area contributed by atoms with Gasteiger partial charge in [0.1, 0.15) is 0 Å². The van der Waals surface area contributed by atoms with Crippen LogP contribution < -0.4 is 0 Å². The summed E-state index contributed by atoms with van der Waals surface area (Å²) in [6, 6.07) is 28.2. The normalized spacial score (nSPS) is 14.1. The van der Waals surface area contributed by atoms with E-state index >= 15 is 0 Å². The van der Waals surface area contributed by atoms with Crippen LogP contribution >= 0.6 is 0 Å². The van der Waals surface area contributed by atoms with Crippen molar-refractivity contribution >= 4 is 11.6 Å². The lowest BCUT2D eigenvalue weighted by molar-refractivity contribution is 0.0978. The van der Waals surface area contributed by atoms with Crippen LogP contribution in [0.3, 0.4) is 0 Å². The molecule has 0 spiro atoms. The second kappa shape index (κ2) is 7.42. The Morgan fingerprint density at radius 2 is 1.22 bits per heavy atom. The quantitative estimate of drug-likeness (QED) is 0.369. The molecule has 2 heteroatoms. The van der Waals surface area contributed by atoms with Crippen molar-refractivity contribution in [3.63, 3.8) is 0 Å². The Bertz CT molecular complexity index is 1410. The highest BCUT2D eigenvalue weighted by Gasteiger charge is 2.31. The van der Waals surface area contributed by atoms with Crippen LogP contribution in [0.2, 0.25) is 0 Å². The SMILES string of the molecule is O=C1c2ccccc2C(=O)c2c(Cc3ccc4c(c3)CCc3ccccc3C4)cccc21. The summed E-state index contributed by atoms with van der Waals surface area (Å²) >= 11 is 0. The van der Waals surface area contributed by atoms with Gasteiger partial charge in [-0.2, -0.15) is 0 Å². The maximum atomic E-state index is 13.3. The van der Waals surface area contributed by atoms with Crippen LogP contribution in [-0.2, 0) is 25.7 Å². The van der Waals surface area contributed by atoms with E-state index in [4.69, 9.17) is 0 Å². The third-order valence-corrected chi connectivity index (χ3v) is 6.87. The molecular formula is C30H22O2. The number of fused-ring (bicyclic) bond motifs is 4. The fraction of sp³-hybridized carbons (Fsp3) is 0.133. The van der Waals surface area contributed by atoms with Crippen molar-refractivity contribution in [3.8, 4) is 0 Å². The average molecular weight is 415 g/mol. The molecule has 2 aliphatic carbocycles. The van der Waals surface area contributed by atoms with Crippen molar-refractivity contribution in [3.05, 3.63) is 141 Å². The van der Waals surface area contributed by atoms with Gasteiger partial charge in [0.15, 0.2) is 11.6 Å². The highest BCUT2D eigenvalue weighted by molar-refractivity contribution is 6.28. The molecule has 0 aromatic heterocycles. The van der Waals surface area contributed by atoms with E-state index in [0.29, 0.717) is 28.7 Å². The van der Waals surface area contributed by atoms with Gasteiger partial charge in [-0.1, -0.05) is 84.9 Å². The molecule has 0 heterocycles. The third kappa shape index (κ3) is 3.03. The first-order valence-corrected chi connectivity index (χ1v) is 11.2. The largest absolute Gasteiger partial charge is 0.289 e. The zero-order valence-electron chi connectivity index (χ0n) is 17.7. The molecule has 0 atom stereocenters. The van der Waals surface area contributed by atoms with Gasteiger partial charge in [0.2, 0.25) is 0 Å². The van der Waals surface area contributed by atoms with Gasteiger partial charge in [-0.25, -0.2) is 0 Å². The minimum atomic E-state index is -0.0586. The molecule has 32 heavy (non-hydrogen) atoms. The number of carbonyl (C=O) groups excluding carboxylic acids is 2. The highest BCUT2D eigenvalue weighted by atomic mass is 16.1. The molecule has 0 N–H and O–H groups in total. The van der Waals surface area contributed by atoms with Crippen LogP contribution in [0.25, 0.3) is 0 Å². The van der Waals surface area contributed by atoms with Crippen molar-refractivity contribution in [1.29, 1.82) is 0 Å². The number of hydrogen-bond donors (Lipinski definition) is 0. The summed E-state index contributed by atoms with van der Waals surface area (Å²) < 4.78 is 0. The van der Waals surface area contributed by atoms with E-state index in [9.17, 15) is 9.59 Å². The van der Waals surface area contributed by atoms with Gasteiger partial charge in [0, 0.05) is 22.3 Å². The minimum Gasteiger partial charge on any atom is -0.289 e. The van der Waals surface area contributed by atoms with Crippen LogP contribution in [0.1, 0.15) is 65.2 Å². The average Bonchev–Trinajstić information content (AvgIpc) is 3.01. The molecular weight excluding hydrogens is 392 g/mol. The van der Waals surface area contributed by atoms with E-state index in [2.05, 4.69) is 42.5 Å². The lowest BCUT2D eigenvalue weighted by Gasteiger charge is -2.20. The number of carbonyl (C=O) groups is 2. The van der Waals surface area contributed by atoms with Gasteiger partial charge in [-0.15, -0.1) is 0 Å². The molecule has 6 rings (SSSR count). The summed E-state index contributed by atoms with van der Waals surface area (Å²) in [5.41, 5.74) is 9.84. The predicted molar refractivity (Wildman–Crippen MR) is 126 cm³/mol. The topological polar surface area (TPSA) is 34.1 Å². The lowest BCUT2D eigenvalue weighted by Crippen LogP contribution is -2.22. The minimum absolute atomic E-state index is 0.0454. The molecule has 4 aromatic carbocycles. The third-order valence-electron chi connectivity index (χ3n) is 6.87.